The second-order valence-electron chi connectivity index (χ2n) is 6.67. The van der Waals surface area contributed by atoms with Gasteiger partial charge in [-0.2, -0.15) is 0 Å². The quantitative estimate of drug-likeness (QED) is 0.876. The van der Waals surface area contributed by atoms with Gasteiger partial charge in [-0.3, -0.25) is 4.79 Å². The molecule has 1 amide bonds. The SMILES string of the molecule is CC(SC1CCCCC1)C(=O)Nc1ccc(N2CCOCC2)cc1. The monoisotopic (exact) mass is 348 g/mol. The van der Waals surface area contributed by atoms with Gasteiger partial charge in [0, 0.05) is 29.7 Å². The predicted octanol–water partition coefficient (Wildman–Crippen LogP) is 3.92. The average Bonchev–Trinajstić information content (AvgIpc) is 2.64. The summed E-state index contributed by atoms with van der Waals surface area (Å²) in [5.41, 5.74) is 2.08. The lowest BCUT2D eigenvalue weighted by Crippen LogP contribution is -2.36. The Hall–Kier alpha value is -1.20. The minimum atomic E-state index is 0.00650. The molecule has 5 heteroatoms. The minimum Gasteiger partial charge on any atom is -0.378 e. The molecule has 3 rings (SSSR count). The van der Waals surface area contributed by atoms with Gasteiger partial charge in [0.05, 0.1) is 18.5 Å². The summed E-state index contributed by atoms with van der Waals surface area (Å²) in [5.74, 6) is 0.115. The zero-order chi connectivity index (χ0) is 16.8. The summed E-state index contributed by atoms with van der Waals surface area (Å²) >= 11 is 1.84. The topological polar surface area (TPSA) is 41.6 Å². The highest BCUT2D eigenvalue weighted by Gasteiger charge is 2.21. The number of benzene rings is 1. The van der Waals surface area contributed by atoms with Crippen molar-refractivity contribution in [2.75, 3.05) is 36.5 Å². The highest BCUT2D eigenvalue weighted by molar-refractivity contribution is 8.01. The number of ether oxygens (including phenoxy) is 1. The Labute approximate surface area is 149 Å². The molecule has 0 aromatic heterocycles. The van der Waals surface area contributed by atoms with E-state index in [4.69, 9.17) is 4.74 Å². The van der Waals surface area contributed by atoms with E-state index in [1.54, 1.807) is 0 Å². The van der Waals surface area contributed by atoms with E-state index in [1.807, 2.05) is 30.8 Å². The van der Waals surface area contributed by atoms with Crippen molar-refractivity contribution in [3.05, 3.63) is 24.3 Å². The van der Waals surface area contributed by atoms with Crippen molar-refractivity contribution in [1.82, 2.24) is 0 Å². The van der Waals surface area contributed by atoms with Crippen molar-refractivity contribution in [2.24, 2.45) is 0 Å². The third kappa shape index (κ3) is 4.90. The van der Waals surface area contributed by atoms with Crippen LogP contribution >= 0.6 is 11.8 Å². The molecule has 1 aliphatic carbocycles. The highest BCUT2D eigenvalue weighted by Crippen LogP contribution is 2.31. The molecule has 2 aliphatic rings. The van der Waals surface area contributed by atoms with Crippen LogP contribution in [0.2, 0.25) is 0 Å². The lowest BCUT2D eigenvalue weighted by atomic mass is 10.0. The second kappa shape index (κ2) is 8.77. The number of hydrogen-bond acceptors (Lipinski definition) is 4. The number of thioether (sulfide) groups is 1. The smallest absolute Gasteiger partial charge is 0.237 e. The molecule has 4 nitrogen and oxygen atoms in total. The van der Waals surface area contributed by atoms with Crippen LogP contribution in [0.25, 0.3) is 0 Å². The minimum absolute atomic E-state index is 0.00650. The fourth-order valence-electron chi connectivity index (χ4n) is 3.37. The maximum absolute atomic E-state index is 12.4. The molecule has 2 fully saturated rings. The van der Waals surface area contributed by atoms with Crippen LogP contribution in [0.4, 0.5) is 11.4 Å². The van der Waals surface area contributed by atoms with Crippen molar-refractivity contribution in [2.45, 2.75) is 49.5 Å². The average molecular weight is 349 g/mol. The van der Waals surface area contributed by atoms with Crippen LogP contribution in [0.3, 0.4) is 0 Å². The Balaban J connectivity index is 1.50. The number of amides is 1. The van der Waals surface area contributed by atoms with E-state index in [0.717, 1.165) is 32.0 Å². The first-order valence-corrected chi connectivity index (χ1v) is 10.1. The highest BCUT2D eigenvalue weighted by atomic mass is 32.2. The molecule has 1 aliphatic heterocycles. The maximum atomic E-state index is 12.4. The van der Waals surface area contributed by atoms with Crippen molar-refractivity contribution >= 4 is 29.0 Å². The standard InChI is InChI=1S/C19H28N2O2S/c1-15(24-18-5-3-2-4-6-18)19(22)20-16-7-9-17(10-8-16)21-11-13-23-14-12-21/h7-10,15,18H,2-6,11-14H2,1H3,(H,20,22). The van der Waals surface area contributed by atoms with Crippen molar-refractivity contribution in [1.29, 1.82) is 0 Å². The predicted molar refractivity (Wildman–Crippen MR) is 102 cm³/mol. The van der Waals surface area contributed by atoms with Gasteiger partial charge in [-0.15, -0.1) is 11.8 Å². The van der Waals surface area contributed by atoms with E-state index >= 15 is 0 Å². The third-order valence-corrected chi connectivity index (χ3v) is 6.31. The molecular formula is C19H28N2O2S. The number of nitrogens with zero attached hydrogens (tertiary/aromatic N) is 1. The molecule has 132 valence electrons. The summed E-state index contributed by atoms with van der Waals surface area (Å²) in [6.45, 7) is 5.46. The molecule has 0 spiro atoms. The van der Waals surface area contributed by atoms with Gasteiger partial charge in [0.2, 0.25) is 5.91 Å². The molecule has 1 aromatic rings. The number of carbonyl (C=O) groups is 1. The summed E-state index contributed by atoms with van der Waals surface area (Å²) in [4.78, 5) is 14.7. The number of rotatable bonds is 5. The second-order valence-corrected chi connectivity index (χ2v) is 8.32. The Morgan fingerprint density at radius 3 is 2.50 bits per heavy atom. The van der Waals surface area contributed by atoms with E-state index in [0.29, 0.717) is 5.25 Å². The van der Waals surface area contributed by atoms with E-state index < -0.39 is 0 Å². The van der Waals surface area contributed by atoms with Gasteiger partial charge in [-0.1, -0.05) is 19.3 Å². The van der Waals surface area contributed by atoms with Crippen LogP contribution in [-0.2, 0) is 9.53 Å². The Morgan fingerprint density at radius 1 is 1.17 bits per heavy atom. The molecule has 1 aromatic carbocycles. The summed E-state index contributed by atoms with van der Waals surface area (Å²) in [5, 5.41) is 3.72. The number of carbonyl (C=O) groups excluding carboxylic acids is 1. The maximum Gasteiger partial charge on any atom is 0.237 e. The van der Waals surface area contributed by atoms with Gasteiger partial charge >= 0.3 is 0 Å². The lowest BCUT2D eigenvalue weighted by molar-refractivity contribution is -0.115. The van der Waals surface area contributed by atoms with Gasteiger partial charge in [-0.05, 0) is 44.0 Å². The van der Waals surface area contributed by atoms with Gasteiger partial charge < -0.3 is 15.0 Å². The van der Waals surface area contributed by atoms with Crippen molar-refractivity contribution in [3.8, 4) is 0 Å². The van der Waals surface area contributed by atoms with Crippen LogP contribution in [-0.4, -0.2) is 42.7 Å². The van der Waals surface area contributed by atoms with Crippen LogP contribution < -0.4 is 10.2 Å². The molecule has 0 radical (unpaired) electrons. The zero-order valence-corrected chi connectivity index (χ0v) is 15.3. The van der Waals surface area contributed by atoms with Crippen LogP contribution in [0.5, 0.6) is 0 Å². The molecule has 1 atom stereocenters. The fraction of sp³-hybridized carbons (Fsp3) is 0.632. The Morgan fingerprint density at radius 2 is 1.83 bits per heavy atom. The number of morpholine rings is 1. The molecule has 1 saturated carbocycles. The number of hydrogen-bond donors (Lipinski definition) is 1. The lowest BCUT2D eigenvalue weighted by Gasteiger charge is -2.29. The largest absolute Gasteiger partial charge is 0.378 e. The number of nitrogens with one attached hydrogen (secondary N) is 1. The summed E-state index contributed by atoms with van der Waals surface area (Å²) < 4.78 is 5.39. The molecule has 1 heterocycles. The van der Waals surface area contributed by atoms with Gasteiger partial charge in [-0.25, -0.2) is 0 Å². The first kappa shape index (κ1) is 17.6. The normalized spacial score (nSPS) is 20.6. The Kier molecular flexibility index (Phi) is 6.44. The van der Waals surface area contributed by atoms with E-state index in [1.165, 1.54) is 37.8 Å². The molecular weight excluding hydrogens is 320 g/mol. The van der Waals surface area contributed by atoms with Crippen LogP contribution in [0.15, 0.2) is 24.3 Å². The third-order valence-electron chi connectivity index (χ3n) is 4.83. The van der Waals surface area contributed by atoms with Crippen LogP contribution in [0, 0.1) is 0 Å². The van der Waals surface area contributed by atoms with E-state index in [2.05, 4.69) is 22.3 Å². The molecule has 1 saturated heterocycles. The van der Waals surface area contributed by atoms with Gasteiger partial charge in [0.15, 0.2) is 0 Å². The molecule has 24 heavy (non-hydrogen) atoms. The van der Waals surface area contributed by atoms with Crippen molar-refractivity contribution < 1.29 is 9.53 Å². The number of anilines is 2. The van der Waals surface area contributed by atoms with Gasteiger partial charge in [0.25, 0.3) is 0 Å². The van der Waals surface area contributed by atoms with Crippen molar-refractivity contribution in [3.63, 3.8) is 0 Å². The van der Waals surface area contributed by atoms with Gasteiger partial charge in [0.1, 0.15) is 0 Å². The van der Waals surface area contributed by atoms with E-state index in [9.17, 15) is 4.79 Å². The van der Waals surface area contributed by atoms with Crippen LogP contribution in [0.1, 0.15) is 39.0 Å². The fourth-order valence-corrected chi connectivity index (χ4v) is 4.74. The zero-order valence-electron chi connectivity index (χ0n) is 14.5. The molecule has 0 bridgehead atoms. The first-order chi connectivity index (χ1) is 11.7. The molecule has 1 unspecified atom stereocenters. The Bertz CT molecular complexity index is 523. The van der Waals surface area contributed by atoms with E-state index in [-0.39, 0.29) is 11.2 Å². The summed E-state index contributed by atoms with van der Waals surface area (Å²) in [6, 6.07) is 8.17. The first-order valence-electron chi connectivity index (χ1n) is 9.11. The summed E-state index contributed by atoms with van der Waals surface area (Å²) in [7, 11) is 0. The molecule has 1 N–H and O–H groups in total. The summed E-state index contributed by atoms with van der Waals surface area (Å²) in [6.07, 6.45) is 6.50.